The van der Waals surface area contributed by atoms with Gasteiger partial charge in [-0.05, 0) is 30.4 Å². The van der Waals surface area contributed by atoms with E-state index in [4.69, 9.17) is 0 Å². The lowest BCUT2D eigenvalue weighted by atomic mass is 9.91. The molecule has 0 saturated heterocycles. The van der Waals surface area contributed by atoms with Crippen molar-refractivity contribution in [3.63, 3.8) is 0 Å². The summed E-state index contributed by atoms with van der Waals surface area (Å²) >= 11 is 0. The molecule has 0 saturated carbocycles. The first-order valence-corrected chi connectivity index (χ1v) is 5.43. The van der Waals surface area contributed by atoms with Crippen molar-refractivity contribution in [3.8, 4) is 0 Å². The lowest BCUT2D eigenvalue weighted by Crippen LogP contribution is -2.04. The van der Waals surface area contributed by atoms with Crippen molar-refractivity contribution in [1.29, 1.82) is 0 Å². The number of hydrogen-bond donors (Lipinski definition) is 0. The molecule has 0 N–H and O–H groups in total. The predicted octanol–water partition coefficient (Wildman–Crippen LogP) is 4.31. The molecule has 0 spiro atoms. The van der Waals surface area contributed by atoms with Crippen LogP contribution in [0.1, 0.15) is 56.7 Å². The van der Waals surface area contributed by atoms with E-state index in [1.807, 2.05) is 6.92 Å². The number of alkyl halides is 2. The second-order valence-electron chi connectivity index (χ2n) is 3.67. The molecule has 0 bridgehead atoms. The third kappa shape index (κ3) is 2.98. The summed E-state index contributed by atoms with van der Waals surface area (Å²) in [5, 5.41) is 0. The normalized spacial score (nSPS) is 13.1. The molecule has 1 atom stereocenters. The van der Waals surface area contributed by atoms with E-state index in [9.17, 15) is 8.78 Å². The largest absolute Gasteiger partial charge is 0.280 e. The fraction of sp³-hybridized carbons (Fsp3) is 0.583. The van der Waals surface area contributed by atoms with Crippen LogP contribution in [0.4, 0.5) is 8.78 Å². The van der Waals surface area contributed by atoms with Crippen LogP contribution in [-0.4, -0.2) is 4.98 Å². The van der Waals surface area contributed by atoms with Gasteiger partial charge in [-0.15, -0.1) is 0 Å². The zero-order valence-electron chi connectivity index (χ0n) is 9.21. The Balaban J connectivity index is 2.99. The van der Waals surface area contributed by atoms with Crippen LogP contribution in [0.25, 0.3) is 0 Å². The van der Waals surface area contributed by atoms with Gasteiger partial charge < -0.3 is 0 Å². The Kier molecular flexibility index (Phi) is 4.66. The van der Waals surface area contributed by atoms with E-state index in [0.717, 1.165) is 24.8 Å². The molecule has 84 valence electrons. The van der Waals surface area contributed by atoms with E-state index < -0.39 is 6.43 Å². The average molecular weight is 213 g/mol. The van der Waals surface area contributed by atoms with Gasteiger partial charge in [0.25, 0.3) is 6.43 Å². The third-order valence-corrected chi connectivity index (χ3v) is 2.65. The molecule has 0 aliphatic carbocycles. The van der Waals surface area contributed by atoms with Crippen LogP contribution in [0.2, 0.25) is 0 Å². The highest BCUT2D eigenvalue weighted by atomic mass is 19.3. The third-order valence-electron chi connectivity index (χ3n) is 2.65. The maximum absolute atomic E-state index is 12.7. The van der Waals surface area contributed by atoms with Gasteiger partial charge in [-0.2, -0.15) is 0 Å². The van der Waals surface area contributed by atoms with Crippen LogP contribution in [0, 0.1) is 0 Å². The summed E-state index contributed by atoms with van der Waals surface area (Å²) in [6, 6.07) is 3.51. The highest BCUT2D eigenvalue weighted by Gasteiger charge is 2.19. The summed E-state index contributed by atoms with van der Waals surface area (Å²) in [7, 11) is 0. The maximum atomic E-state index is 12.7. The molecule has 1 aromatic heterocycles. The van der Waals surface area contributed by atoms with Crippen LogP contribution < -0.4 is 0 Å². The minimum atomic E-state index is -2.47. The van der Waals surface area contributed by atoms with E-state index in [1.165, 1.54) is 6.20 Å². The summed E-state index contributed by atoms with van der Waals surface area (Å²) in [5.41, 5.74) is 0.676. The van der Waals surface area contributed by atoms with Gasteiger partial charge in [-0.3, -0.25) is 4.98 Å². The minimum Gasteiger partial charge on any atom is -0.255 e. The number of pyridine rings is 1. The number of hydrogen-bond acceptors (Lipinski definition) is 1. The lowest BCUT2D eigenvalue weighted by molar-refractivity contribution is 0.144. The van der Waals surface area contributed by atoms with Crippen molar-refractivity contribution in [3.05, 3.63) is 29.6 Å². The van der Waals surface area contributed by atoms with Gasteiger partial charge in [-0.1, -0.05) is 26.3 Å². The van der Waals surface area contributed by atoms with E-state index >= 15 is 0 Å². The standard InChI is InChI=1S/C12H17F2N/c1-3-6-9(4-2)10-7-5-8-15-11(10)12(13)14/h5,7-9,12H,3-4,6H2,1-2H3. The van der Waals surface area contributed by atoms with Gasteiger partial charge in [0.15, 0.2) is 0 Å². The second-order valence-corrected chi connectivity index (χ2v) is 3.67. The predicted molar refractivity (Wildman–Crippen MR) is 57.1 cm³/mol. The number of halogens is 2. The van der Waals surface area contributed by atoms with Crippen LogP contribution in [-0.2, 0) is 0 Å². The van der Waals surface area contributed by atoms with E-state index in [2.05, 4.69) is 11.9 Å². The average Bonchev–Trinajstić information content (AvgIpc) is 2.26. The fourth-order valence-electron chi connectivity index (χ4n) is 1.89. The van der Waals surface area contributed by atoms with Crippen molar-refractivity contribution < 1.29 is 8.78 Å². The Morgan fingerprint density at radius 1 is 1.33 bits per heavy atom. The van der Waals surface area contributed by atoms with Gasteiger partial charge in [0.1, 0.15) is 5.69 Å². The first-order chi connectivity index (χ1) is 7.20. The molecular weight excluding hydrogens is 196 g/mol. The van der Waals surface area contributed by atoms with Gasteiger partial charge in [0, 0.05) is 6.20 Å². The molecule has 0 radical (unpaired) electrons. The first kappa shape index (κ1) is 12.1. The van der Waals surface area contributed by atoms with Gasteiger partial charge in [-0.25, -0.2) is 8.78 Å². The van der Waals surface area contributed by atoms with Crippen LogP contribution in [0.5, 0.6) is 0 Å². The summed E-state index contributed by atoms with van der Waals surface area (Å²) in [4.78, 5) is 3.78. The van der Waals surface area contributed by atoms with Crippen molar-refractivity contribution >= 4 is 0 Å². The summed E-state index contributed by atoms with van der Waals surface area (Å²) < 4.78 is 25.4. The molecule has 1 rings (SSSR count). The molecule has 3 heteroatoms. The molecule has 0 aliphatic heterocycles. The molecule has 1 unspecified atom stereocenters. The zero-order chi connectivity index (χ0) is 11.3. The Morgan fingerprint density at radius 3 is 2.60 bits per heavy atom. The molecule has 0 aromatic carbocycles. The molecule has 1 nitrogen and oxygen atoms in total. The second kappa shape index (κ2) is 5.79. The highest BCUT2D eigenvalue weighted by Crippen LogP contribution is 2.31. The van der Waals surface area contributed by atoms with E-state index in [-0.39, 0.29) is 11.6 Å². The SMILES string of the molecule is CCCC(CC)c1cccnc1C(F)F. The smallest absolute Gasteiger partial charge is 0.255 e. The molecule has 0 fully saturated rings. The Morgan fingerprint density at radius 2 is 2.07 bits per heavy atom. The first-order valence-electron chi connectivity index (χ1n) is 5.43. The number of nitrogens with zero attached hydrogens (tertiary/aromatic N) is 1. The van der Waals surface area contributed by atoms with Crippen molar-refractivity contribution in [1.82, 2.24) is 4.98 Å². The van der Waals surface area contributed by atoms with Gasteiger partial charge >= 0.3 is 0 Å². The van der Waals surface area contributed by atoms with Crippen LogP contribution in [0.3, 0.4) is 0 Å². The topological polar surface area (TPSA) is 12.9 Å². The summed E-state index contributed by atoms with van der Waals surface area (Å²) in [6.07, 6.45) is 1.81. The minimum absolute atomic E-state index is 0.0437. The van der Waals surface area contributed by atoms with Gasteiger partial charge in [0.2, 0.25) is 0 Å². The molecule has 1 heterocycles. The van der Waals surface area contributed by atoms with Crippen LogP contribution >= 0.6 is 0 Å². The molecule has 15 heavy (non-hydrogen) atoms. The molecule has 0 amide bonds. The van der Waals surface area contributed by atoms with E-state index in [0.29, 0.717) is 0 Å². The summed E-state index contributed by atoms with van der Waals surface area (Å²) in [6.45, 7) is 4.10. The van der Waals surface area contributed by atoms with Crippen LogP contribution in [0.15, 0.2) is 18.3 Å². The van der Waals surface area contributed by atoms with Crippen molar-refractivity contribution in [2.75, 3.05) is 0 Å². The molecule has 1 aromatic rings. The van der Waals surface area contributed by atoms with Gasteiger partial charge in [0.05, 0.1) is 0 Å². The number of rotatable bonds is 5. The Hall–Kier alpha value is -0.990. The number of aromatic nitrogens is 1. The Labute approximate surface area is 89.5 Å². The maximum Gasteiger partial charge on any atom is 0.280 e. The molecule has 0 aliphatic rings. The Bertz CT molecular complexity index is 299. The summed E-state index contributed by atoms with van der Waals surface area (Å²) in [5.74, 6) is 0.215. The van der Waals surface area contributed by atoms with Crippen molar-refractivity contribution in [2.24, 2.45) is 0 Å². The van der Waals surface area contributed by atoms with E-state index in [1.54, 1.807) is 12.1 Å². The highest BCUT2D eigenvalue weighted by molar-refractivity contribution is 5.25. The quantitative estimate of drug-likeness (QED) is 0.710. The molecular formula is C12H17F2N. The lowest BCUT2D eigenvalue weighted by Gasteiger charge is -2.17. The fourth-order valence-corrected chi connectivity index (χ4v) is 1.89. The van der Waals surface area contributed by atoms with Crippen molar-refractivity contribution in [2.45, 2.75) is 45.5 Å². The zero-order valence-corrected chi connectivity index (χ0v) is 9.21. The monoisotopic (exact) mass is 213 g/mol.